The molecule has 30 heavy (non-hydrogen) atoms. The molecule has 0 radical (unpaired) electrons. The average Bonchev–Trinajstić information content (AvgIpc) is 3.17. The molecule has 2 amide bonds. The van der Waals surface area contributed by atoms with E-state index in [2.05, 4.69) is 5.32 Å². The van der Waals surface area contributed by atoms with E-state index in [0.29, 0.717) is 36.5 Å². The maximum Gasteiger partial charge on any atom is 0.254 e. The van der Waals surface area contributed by atoms with Gasteiger partial charge in [-0.05, 0) is 36.4 Å². The monoisotopic (exact) mass is 406 g/mol. The molecule has 0 aliphatic carbocycles. The average molecular weight is 406 g/mol. The lowest BCUT2D eigenvalue weighted by Gasteiger charge is -2.26. The Labute approximate surface area is 174 Å². The van der Waals surface area contributed by atoms with Gasteiger partial charge in [0.25, 0.3) is 5.91 Å². The number of benzene rings is 2. The van der Waals surface area contributed by atoms with E-state index in [1.54, 1.807) is 17.0 Å². The van der Waals surface area contributed by atoms with Gasteiger partial charge in [0.1, 0.15) is 17.3 Å². The minimum absolute atomic E-state index is 0.0441. The highest BCUT2D eigenvalue weighted by Crippen LogP contribution is 2.31. The first-order chi connectivity index (χ1) is 14.4. The molecule has 0 spiro atoms. The minimum Gasteiger partial charge on any atom is -0.461 e. The van der Waals surface area contributed by atoms with Crippen LogP contribution in [0.5, 0.6) is 0 Å². The van der Waals surface area contributed by atoms with Crippen molar-refractivity contribution in [1.82, 2.24) is 4.90 Å². The first-order valence-corrected chi connectivity index (χ1v) is 9.98. The van der Waals surface area contributed by atoms with Crippen molar-refractivity contribution in [2.75, 3.05) is 11.9 Å². The molecular formula is C24H23FN2O3. The smallest absolute Gasteiger partial charge is 0.254 e. The molecule has 154 valence electrons. The molecule has 4 rings (SSSR count). The van der Waals surface area contributed by atoms with Crippen molar-refractivity contribution < 1.29 is 18.4 Å². The maximum atomic E-state index is 13.5. The molecular weight excluding hydrogens is 383 g/mol. The summed E-state index contributed by atoms with van der Waals surface area (Å²) >= 11 is 0. The first-order valence-electron chi connectivity index (χ1n) is 9.98. The summed E-state index contributed by atoms with van der Waals surface area (Å²) in [6.45, 7) is 4.62. The summed E-state index contributed by atoms with van der Waals surface area (Å²) in [6.07, 6.45) is 0.597. The Bertz CT molecular complexity index is 1100. The molecule has 3 aromatic rings. The molecule has 6 heteroatoms. The van der Waals surface area contributed by atoms with Gasteiger partial charge in [-0.15, -0.1) is 0 Å². The zero-order valence-corrected chi connectivity index (χ0v) is 16.9. The molecule has 1 aliphatic rings. The van der Waals surface area contributed by atoms with Gasteiger partial charge in [-0.25, -0.2) is 4.39 Å². The number of hydrogen-bond donors (Lipinski definition) is 1. The number of anilines is 1. The third-order valence-corrected chi connectivity index (χ3v) is 5.16. The topological polar surface area (TPSA) is 62.6 Å². The zero-order valence-electron chi connectivity index (χ0n) is 16.9. The highest BCUT2D eigenvalue weighted by molar-refractivity contribution is 5.94. The van der Waals surface area contributed by atoms with Gasteiger partial charge < -0.3 is 14.6 Å². The van der Waals surface area contributed by atoms with Crippen LogP contribution >= 0.6 is 0 Å². The lowest BCUT2D eigenvalue weighted by molar-refractivity contribution is -0.118. The van der Waals surface area contributed by atoms with Crippen LogP contribution in [0.25, 0.3) is 11.3 Å². The Hall–Kier alpha value is -3.41. The van der Waals surface area contributed by atoms with Gasteiger partial charge in [0.2, 0.25) is 5.91 Å². The second-order valence-electron chi connectivity index (χ2n) is 7.77. The van der Waals surface area contributed by atoms with Crippen LogP contribution in [0.15, 0.2) is 59.0 Å². The number of furan rings is 1. The van der Waals surface area contributed by atoms with E-state index in [1.807, 2.05) is 44.2 Å². The number of nitrogens with one attached hydrogen (secondary N) is 1. The molecule has 2 heterocycles. The SMILES string of the molecule is CC(C)C(=O)Nc1cccc(-c2cc3c(o2)CCN(C(=O)c2cccc(F)c2)C3)c1. The quantitative estimate of drug-likeness (QED) is 0.672. The van der Waals surface area contributed by atoms with E-state index in [9.17, 15) is 14.0 Å². The molecule has 0 bridgehead atoms. The van der Waals surface area contributed by atoms with Gasteiger partial charge in [0.15, 0.2) is 0 Å². The predicted octanol–water partition coefficient (Wildman–Crippen LogP) is 4.88. The van der Waals surface area contributed by atoms with E-state index < -0.39 is 5.82 Å². The fourth-order valence-corrected chi connectivity index (χ4v) is 3.49. The Morgan fingerprint density at radius 2 is 1.90 bits per heavy atom. The molecule has 1 N–H and O–H groups in total. The Balaban J connectivity index is 1.53. The van der Waals surface area contributed by atoms with E-state index in [1.165, 1.54) is 12.1 Å². The van der Waals surface area contributed by atoms with Crippen LogP contribution in [0.4, 0.5) is 10.1 Å². The second kappa shape index (κ2) is 8.14. The van der Waals surface area contributed by atoms with E-state index >= 15 is 0 Å². The highest BCUT2D eigenvalue weighted by Gasteiger charge is 2.25. The van der Waals surface area contributed by atoms with Crippen LogP contribution in [-0.4, -0.2) is 23.3 Å². The molecule has 2 aromatic carbocycles. The zero-order chi connectivity index (χ0) is 21.3. The van der Waals surface area contributed by atoms with Crippen molar-refractivity contribution in [2.24, 2.45) is 5.92 Å². The van der Waals surface area contributed by atoms with E-state index in [-0.39, 0.29) is 17.7 Å². The molecule has 1 aromatic heterocycles. The molecule has 0 atom stereocenters. The Morgan fingerprint density at radius 3 is 2.67 bits per heavy atom. The molecule has 0 saturated carbocycles. The van der Waals surface area contributed by atoms with Crippen molar-refractivity contribution in [3.05, 3.63) is 77.3 Å². The van der Waals surface area contributed by atoms with E-state index in [0.717, 1.165) is 16.9 Å². The van der Waals surface area contributed by atoms with Gasteiger partial charge in [-0.3, -0.25) is 9.59 Å². The lowest BCUT2D eigenvalue weighted by atomic mass is 10.1. The van der Waals surface area contributed by atoms with E-state index in [4.69, 9.17) is 4.42 Å². The molecule has 5 nitrogen and oxygen atoms in total. The Morgan fingerprint density at radius 1 is 1.10 bits per heavy atom. The van der Waals surface area contributed by atoms with Gasteiger partial charge in [0, 0.05) is 47.8 Å². The summed E-state index contributed by atoms with van der Waals surface area (Å²) in [6, 6.07) is 15.2. The summed E-state index contributed by atoms with van der Waals surface area (Å²) < 4.78 is 19.5. The summed E-state index contributed by atoms with van der Waals surface area (Å²) in [7, 11) is 0. The molecule has 0 unspecified atom stereocenters. The van der Waals surface area contributed by atoms with Crippen LogP contribution in [0.3, 0.4) is 0 Å². The van der Waals surface area contributed by atoms with Crippen LogP contribution in [-0.2, 0) is 17.8 Å². The van der Waals surface area contributed by atoms with Gasteiger partial charge in [0.05, 0.1) is 0 Å². The van der Waals surface area contributed by atoms with Gasteiger partial charge in [-0.1, -0.05) is 32.0 Å². The first kappa shape index (κ1) is 19.9. The number of carbonyl (C=O) groups excluding carboxylic acids is 2. The third kappa shape index (κ3) is 4.13. The summed E-state index contributed by atoms with van der Waals surface area (Å²) in [5, 5.41) is 2.89. The van der Waals surface area contributed by atoms with Crippen molar-refractivity contribution in [2.45, 2.75) is 26.8 Å². The van der Waals surface area contributed by atoms with Crippen LogP contribution in [0.1, 0.15) is 35.5 Å². The third-order valence-electron chi connectivity index (χ3n) is 5.16. The van der Waals surface area contributed by atoms with Crippen molar-refractivity contribution in [3.63, 3.8) is 0 Å². The predicted molar refractivity (Wildman–Crippen MR) is 112 cm³/mol. The number of hydrogen-bond acceptors (Lipinski definition) is 3. The molecule has 0 saturated heterocycles. The lowest BCUT2D eigenvalue weighted by Crippen LogP contribution is -2.35. The van der Waals surface area contributed by atoms with Crippen molar-refractivity contribution >= 4 is 17.5 Å². The summed E-state index contributed by atoms with van der Waals surface area (Å²) in [4.78, 5) is 26.4. The summed E-state index contributed by atoms with van der Waals surface area (Å²) in [5.41, 5.74) is 2.85. The highest BCUT2D eigenvalue weighted by atomic mass is 19.1. The van der Waals surface area contributed by atoms with Gasteiger partial charge in [-0.2, -0.15) is 0 Å². The normalized spacial score (nSPS) is 13.3. The molecule has 0 fully saturated rings. The molecule has 1 aliphatic heterocycles. The van der Waals surface area contributed by atoms with Crippen molar-refractivity contribution in [1.29, 1.82) is 0 Å². The van der Waals surface area contributed by atoms with Gasteiger partial charge >= 0.3 is 0 Å². The largest absolute Gasteiger partial charge is 0.461 e. The number of amides is 2. The van der Waals surface area contributed by atoms with Crippen LogP contribution in [0.2, 0.25) is 0 Å². The Kier molecular flexibility index (Phi) is 5.40. The number of halogens is 1. The fraction of sp³-hybridized carbons (Fsp3) is 0.250. The van der Waals surface area contributed by atoms with Crippen molar-refractivity contribution in [3.8, 4) is 11.3 Å². The summed E-state index contributed by atoms with van der Waals surface area (Å²) in [5.74, 6) is 0.782. The number of rotatable bonds is 4. The number of carbonyl (C=O) groups is 2. The fourth-order valence-electron chi connectivity index (χ4n) is 3.49. The number of nitrogens with zero attached hydrogens (tertiary/aromatic N) is 1. The second-order valence-corrected chi connectivity index (χ2v) is 7.77. The van der Waals surface area contributed by atoms with Crippen LogP contribution < -0.4 is 5.32 Å². The minimum atomic E-state index is -0.423. The van der Waals surface area contributed by atoms with Crippen LogP contribution in [0, 0.1) is 11.7 Å². The number of fused-ring (bicyclic) bond motifs is 1. The standard InChI is InChI=1S/C24H23FN2O3/c1-15(2)23(28)26-20-8-4-5-16(12-20)22-13-18-14-27(10-9-21(18)30-22)24(29)17-6-3-7-19(25)11-17/h3-8,11-13,15H,9-10,14H2,1-2H3,(H,26,28). The maximum absolute atomic E-state index is 13.5.